The fourth-order valence-electron chi connectivity index (χ4n) is 1.66. The van der Waals surface area contributed by atoms with E-state index >= 15 is 0 Å². The predicted molar refractivity (Wildman–Crippen MR) is 74.2 cm³/mol. The van der Waals surface area contributed by atoms with E-state index in [1.54, 1.807) is 18.2 Å². The molecule has 1 N–H and O–H groups in total. The van der Waals surface area contributed by atoms with Crippen molar-refractivity contribution in [2.75, 3.05) is 5.75 Å². The van der Waals surface area contributed by atoms with Gasteiger partial charge >= 0.3 is 6.61 Å². The summed E-state index contributed by atoms with van der Waals surface area (Å²) in [6.07, 6.45) is 0.571. The van der Waals surface area contributed by atoms with Gasteiger partial charge in [-0.3, -0.25) is 0 Å². The van der Waals surface area contributed by atoms with E-state index in [1.807, 2.05) is 0 Å². The first-order chi connectivity index (χ1) is 10.1. The van der Waals surface area contributed by atoms with Gasteiger partial charge in [0.2, 0.25) is 0 Å². The van der Waals surface area contributed by atoms with Crippen molar-refractivity contribution >= 4 is 11.8 Å². The molecule has 2 aromatic rings. The van der Waals surface area contributed by atoms with E-state index in [9.17, 15) is 19.1 Å². The largest absolute Gasteiger partial charge is 0.618 e. The van der Waals surface area contributed by atoms with Gasteiger partial charge in [0.25, 0.3) is 5.03 Å². The average molecular weight is 313 g/mol. The maximum Gasteiger partial charge on any atom is 0.387 e. The lowest BCUT2D eigenvalue weighted by Gasteiger charge is -2.11. The van der Waals surface area contributed by atoms with Crippen molar-refractivity contribution in [2.24, 2.45) is 0 Å². The molecule has 1 heterocycles. The van der Waals surface area contributed by atoms with Crippen LogP contribution in [0.15, 0.2) is 53.7 Å². The van der Waals surface area contributed by atoms with Gasteiger partial charge < -0.3 is 15.1 Å². The van der Waals surface area contributed by atoms with Gasteiger partial charge in [-0.25, -0.2) is 0 Å². The summed E-state index contributed by atoms with van der Waals surface area (Å²) >= 11 is 1.21. The lowest BCUT2D eigenvalue weighted by atomic mass is 10.1. The molecule has 0 saturated carbocycles. The molecule has 0 aliphatic rings. The fraction of sp³-hybridized carbons (Fsp3) is 0.214. The Kier molecular flexibility index (Phi) is 5.35. The Labute approximate surface area is 124 Å². The number of thioether (sulfide) groups is 1. The van der Waals surface area contributed by atoms with Crippen LogP contribution in [0.4, 0.5) is 8.78 Å². The molecule has 4 nitrogen and oxygen atoms in total. The molecule has 7 heteroatoms. The first-order valence-corrected chi connectivity index (χ1v) is 7.08. The Morgan fingerprint density at radius 2 is 1.90 bits per heavy atom. The van der Waals surface area contributed by atoms with Crippen LogP contribution in [0.5, 0.6) is 5.75 Å². The summed E-state index contributed by atoms with van der Waals surface area (Å²) in [6.45, 7) is -2.87. The Hall–Kier alpha value is -1.86. The van der Waals surface area contributed by atoms with Crippen LogP contribution >= 0.6 is 11.8 Å². The van der Waals surface area contributed by atoms with Gasteiger partial charge in [-0.05, 0) is 23.8 Å². The van der Waals surface area contributed by atoms with Crippen LogP contribution in [0.1, 0.15) is 11.7 Å². The molecule has 0 bridgehead atoms. The highest BCUT2D eigenvalue weighted by Crippen LogP contribution is 2.24. The number of pyridine rings is 1. The lowest BCUT2D eigenvalue weighted by molar-refractivity contribution is -0.645. The number of hydrogen-bond acceptors (Lipinski definition) is 4. The van der Waals surface area contributed by atoms with Crippen molar-refractivity contribution < 1.29 is 23.4 Å². The third kappa shape index (κ3) is 4.57. The van der Waals surface area contributed by atoms with E-state index in [1.165, 1.54) is 42.2 Å². The molecule has 1 aromatic carbocycles. The average Bonchev–Trinajstić information content (AvgIpc) is 2.46. The van der Waals surface area contributed by atoms with Crippen LogP contribution in [0, 0.1) is 5.21 Å². The maximum atomic E-state index is 12.0. The molecule has 0 radical (unpaired) electrons. The summed E-state index contributed by atoms with van der Waals surface area (Å²) in [5.74, 6) is 0.315. The third-order valence-electron chi connectivity index (χ3n) is 2.67. The summed E-state index contributed by atoms with van der Waals surface area (Å²) in [7, 11) is 0. The minimum absolute atomic E-state index is 0.0362. The zero-order valence-electron chi connectivity index (χ0n) is 10.9. The fourth-order valence-corrected chi connectivity index (χ4v) is 2.54. The van der Waals surface area contributed by atoms with Crippen LogP contribution in [0.3, 0.4) is 0 Å². The summed E-state index contributed by atoms with van der Waals surface area (Å²) in [5.41, 5.74) is 0.567. The molecule has 112 valence electrons. The summed E-state index contributed by atoms with van der Waals surface area (Å²) in [5, 5.41) is 21.9. The number of halogens is 2. The van der Waals surface area contributed by atoms with Crippen LogP contribution in [0.2, 0.25) is 0 Å². The van der Waals surface area contributed by atoms with Crippen molar-refractivity contribution in [3.8, 4) is 5.75 Å². The molecule has 0 aliphatic carbocycles. The second-order valence-corrected chi connectivity index (χ2v) is 5.18. The van der Waals surface area contributed by atoms with Crippen LogP contribution < -0.4 is 9.47 Å². The van der Waals surface area contributed by atoms with Crippen molar-refractivity contribution in [2.45, 2.75) is 17.7 Å². The van der Waals surface area contributed by atoms with Crippen molar-refractivity contribution in [3.05, 3.63) is 59.4 Å². The Bertz CT molecular complexity index is 581. The molecule has 1 unspecified atom stereocenters. The number of aliphatic hydroxyl groups is 1. The molecule has 0 spiro atoms. The number of alkyl halides is 2. The van der Waals surface area contributed by atoms with Crippen molar-refractivity contribution in [1.29, 1.82) is 0 Å². The van der Waals surface area contributed by atoms with Gasteiger partial charge in [0.05, 0.1) is 6.10 Å². The quantitative estimate of drug-likeness (QED) is 0.506. The van der Waals surface area contributed by atoms with E-state index < -0.39 is 12.7 Å². The molecule has 0 fully saturated rings. The second kappa shape index (κ2) is 7.24. The first-order valence-electron chi connectivity index (χ1n) is 6.10. The summed E-state index contributed by atoms with van der Waals surface area (Å²) in [6, 6.07) is 10.8. The second-order valence-electron chi connectivity index (χ2n) is 4.14. The van der Waals surface area contributed by atoms with Crippen molar-refractivity contribution in [1.82, 2.24) is 0 Å². The SMILES string of the molecule is [O-][n+]1ccccc1SCC(O)c1ccc(OC(F)F)cc1. The topological polar surface area (TPSA) is 56.4 Å². The molecular formula is C14H13F2NO3S. The summed E-state index contributed by atoms with van der Waals surface area (Å²) in [4.78, 5) is 0. The molecule has 1 aromatic heterocycles. The molecule has 0 aliphatic heterocycles. The van der Waals surface area contributed by atoms with E-state index in [4.69, 9.17) is 0 Å². The third-order valence-corrected chi connectivity index (χ3v) is 3.76. The van der Waals surface area contributed by atoms with E-state index in [2.05, 4.69) is 4.74 Å². The van der Waals surface area contributed by atoms with E-state index in [0.717, 1.165) is 4.73 Å². The van der Waals surface area contributed by atoms with Gasteiger partial charge in [0.1, 0.15) is 5.75 Å². The van der Waals surface area contributed by atoms with Gasteiger partial charge in [-0.2, -0.15) is 13.5 Å². The minimum atomic E-state index is -2.87. The number of benzene rings is 1. The number of aromatic nitrogens is 1. The van der Waals surface area contributed by atoms with Gasteiger partial charge in [-0.1, -0.05) is 23.9 Å². The normalized spacial score (nSPS) is 12.4. The highest BCUT2D eigenvalue weighted by molar-refractivity contribution is 7.99. The molecular weight excluding hydrogens is 300 g/mol. The molecule has 0 saturated heterocycles. The zero-order valence-corrected chi connectivity index (χ0v) is 11.7. The minimum Gasteiger partial charge on any atom is -0.618 e. The highest BCUT2D eigenvalue weighted by atomic mass is 32.2. The Balaban J connectivity index is 1.94. The van der Waals surface area contributed by atoms with E-state index in [-0.39, 0.29) is 11.5 Å². The van der Waals surface area contributed by atoms with Gasteiger partial charge in [0, 0.05) is 17.9 Å². The number of rotatable bonds is 6. The maximum absolute atomic E-state index is 12.0. The standard InChI is InChI=1S/C14H13F2NO3S/c15-14(16)20-11-6-4-10(5-7-11)12(18)9-21-13-3-1-2-8-17(13)19/h1-8,12,14,18H,9H2. The number of ether oxygens (including phenoxy) is 1. The van der Waals surface area contributed by atoms with E-state index in [0.29, 0.717) is 10.6 Å². The predicted octanol–water partition coefficient (Wildman–Crippen LogP) is 2.75. The smallest absolute Gasteiger partial charge is 0.387 e. The number of aliphatic hydroxyl groups excluding tert-OH is 1. The Morgan fingerprint density at radius 1 is 1.19 bits per heavy atom. The van der Waals surface area contributed by atoms with Crippen molar-refractivity contribution in [3.63, 3.8) is 0 Å². The molecule has 0 amide bonds. The molecule has 2 rings (SSSR count). The first kappa shape index (κ1) is 15.5. The highest BCUT2D eigenvalue weighted by Gasteiger charge is 2.12. The number of nitrogens with zero attached hydrogens (tertiary/aromatic N) is 1. The van der Waals surface area contributed by atoms with Gasteiger partial charge in [0.15, 0.2) is 6.20 Å². The lowest BCUT2D eigenvalue weighted by Crippen LogP contribution is -2.28. The van der Waals surface area contributed by atoms with Crippen LogP contribution in [-0.2, 0) is 0 Å². The number of hydrogen-bond donors (Lipinski definition) is 1. The summed E-state index contributed by atoms with van der Waals surface area (Å²) < 4.78 is 29.0. The molecule has 21 heavy (non-hydrogen) atoms. The van der Waals surface area contributed by atoms with Crippen LogP contribution in [0.25, 0.3) is 0 Å². The van der Waals surface area contributed by atoms with Crippen LogP contribution in [-0.4, -0.2) is 17.5 Å². The monoisotopic (exact) mass is 313 g/mol. The Morgan fingerprint density at radius 3 is 2.52 bits per heavy atom. The van der Waals surface area contributed by atoms with Gasteiger partial charge in [-0.15, -0.1) is 0 Å². The molecule has 1 atom stereocenters. The zero-order chi connectivity index (χ0) is 15.2.